The molecule has 2 heterocycles. The predicted molar refractivity (Wildman–Crippen MR) is 117 cm³/mol. The zero-order chi connectivity index (χ0) is 19.6. The largest absolute Gasteiger partial charge is 0.468 e. The van der Waals surface area contributed by atoms with Crippen LogP contribution in [-0.2, 0) is 13.1 Å². The molecule has 1 atom stereocenters. The summed E-state index contributed by atoms with van der Waals surface area (Å²) in [5.41, 5.74) is 5.88. The summed E-state index contributed by atoms with van der Waals surface area (Å²) in [6.07, 6.45) is -0.0449. The summed E-state index contributed by atoms with van der Waals surface area (Å²) in [4.78, 5) is 7.35. The Morgan fingerprint density at radius 1 is 0.931 bits per heavy atom. The SMILES string of the molecule is Cc1ccc2nc3c(cc2c1)CN(Cc1ccccc1)CC(c1ccccc1)O3. The van der Waals surface area contributed by atoms with E-state index in [-0.39, 0.29) is 6.10 Å². The van der Waals surface area contributed by atoms with E-state index in [9.17, 15) is 0 Å². The lowest BCUT2D eigenvalue weighted by Gasteiger charge is -2.24. The Morgan fingerprint density at radius 3 is 2.48 bits per heavy atom. The quantitative estimate of drug-likeness (QED) is 0.457. The first-order valence-electron chi connectivity index (χ1n) is 10.1. The zero-order valence-corrected chi connectivity index (χ0v) is 16.6. The summed E-state index contributed by atoms with van der Waals surface area (Å²) in [7, 11) is 0. The summed E-state index contributed by atoms with van der Waals surface area (Å²) in [5, 5.41) is 1.17. The van der Waals surface area contributed by atoms with Crippen LogP contribution in [0.4, 0.5) is 0 Å². The highest BCUT2D eigenvalue weighted by atomic mass is 16.5. The van der Waals surface area contributed by atoms with E-state index in [4.69, 9.17) is 9.72 Å². The van der Waals surface area contributed by atoms with Crippen LogP contribution < -0.4 is 4.74 Å². The number of fused-ring (bicyclic) bond motifs is 2. The fourth-order valence-corrected chi connectivity index (χ4v) is 4.05. The Balaban J connectivity index is 1.56. The van der Waals surface area contributed by atoms with Gasteiger partial charge in [0.1, 0.15) is 6.10 Å². The van der Waals surface area contributed by atoms with Gasteiger partial charge in [0.15, 0.2) is 0 Å². The Bertz CT molecular complexity index is 1130. The number of nitrogens with zero attached hydrogens (tertiary/aromatic N) is 2. The molecule has 0 radical (unpaired) electrons. The standard InChI is InChI=1S/C26H24N2O/c1-19-12-13-24-22(14-19)15-23-17-28(16-20-8-4-2-5-9-20)18-25(29-26(23)27-24)21-10-6-3-7-11-21/h2-15,25H,16-18H2,1H3. The molecule has 0 bridgehead atoms. The maximum absolute atomic E-state index is 6.50. The summed E-state index contributed by atoms with van der Waals surface area (Å²) in [6, 6.07) is 29.7. The average molecular weight is 380 g/mol. The van der Waals surface area contributed by atoms with E-state index >= 15 is 0 Å². The van der Waals surface area contributed by atoms with Crippen LogP contribution in [0.1, 0.15) is 28.4 Å². The number of hydrogen-bond acceptors (Lipinski definition) is 3. The second kappa shape index (κ2) is 7.69. The third-order valence-electron chi connectivity index (χ3n) is 5.50. The number of ether oxygens (including phenoxy) is 1. The fraction of sp³-hybridized carbons (Fsp3) is 0.192. The number of hydrogen-bond donors (Lipinski definition) is 0. The molecular weight excluding hydrogens is 356 g/mol. The minimum atomic E-state index is -0.0449. The van der Waals surface area contributed by atoms with Crippen LogP contribution in [0.5, 0.6) is 5.88 Å². The van der Waals surface area contributed by atoms with Crippen LogP contribution in [0.25, 0.3) is 10.9 Å². The van der Waals surface area contributed by atoms with Gasteiger partial charge in [-0.25, -0.2) is 4.98 Å². The van der Waals surface area contributed by atoms with E-state index in [2.05, 4.69) is 90.7 Å². The molecule has 0 amide bonds. The van der Waals surface area contributed by atoms with E-state index in [0.29, 0.717) is 0 Å². The van der Waals surface area contributed by atoms with Crippen molar-refractivity contribution in [1.29, 1.82) is 0 Å². The van der Waals surface area contributed by atoms with Gasteiger partial charge in [0, 0.05) is 30.6 Å². The first-order valence-corrected chi connectivity index (χ1v) is 10.1. The topological polar surface area (TPSA) is 25.4 Å². The molecule has 5 rings (SSSR count). The lowest BCUT2D eigenvalue weighted by atomic mass is 10.1. The van der Waals surface area contributed by atoms with E-state index in [0.717, 1.165) is 36.6 Å². The van der Waals surface area contributed by atoms with E-state index < -0.39 is 0 Å². The van der Waals surface area contributed by atoms with E-state index in [1.807, 2.05) is 6.07 Å². The monoisotopic (exact) mass is 380 g/mol. The molecule has 0 N–H and O–H groups in total. The van der Waals surface area contributed by atoms with Gasteiger partial charge in [-0.3, -0.25) is 4.90 Å². The Hall–Kier alpha value is -3.17. The van der Waals surface area contributed by atoms with Gasteiger partial charge in [0.2, 0.25) is 5.88 Å². The molecule has 1 aromatic heterocycles. The van der Waals surface area contributed by atoms with Gasteiger partial charge in [-0.05, 0) is 36.2 Å². The molecule has 3 nitrogen and oxygen atoms in total. The summed E-state index contributed by atoms with van der Waals surface area (Å²) < 4.78 is 6.50. The van der Waals surface area contributed by atoms with Gasteiger partial charge in [-0.1, -0.05) is 72.3 Å². The number of aryl methyl sites for hydroxylation is 1. The highest BCUT2D eigenvalue weighted by Crippen LogP contribution is 2.33. The van der Waals surface area contributed by atoms with Crippen molar-refractivity contribution in [2.75, 3.05) is 6.54 Å². The molecule has 1 unspecified atom stereocenters. The highest BCUT2D eigenvalue weighted by molar-refractivity contribution is 5.81. The van der Waals surface area contributed by atoms with Crippen LogP contribution in [0.2, 0.25) is 0 Å². The van der Waals surface area contributed by atoms with Gasteiger partial charge in [-0.2, -0.15) is 0 Å². The minimum absolute atomic E-state index is 0.0449. The van der Waals surface area contributed by atoms with Crippen molar-refractivity contribution in [3.8, 4) is 5.88 Å². The lowest BCUT2D eigenvalue weighted by Crippen LogP contribution is -2.27. The summed E-state index contributed by atoms with van der Waals surface area (Å²) >= 11 is 0. The number of pyridine rings is 1. The predicted octanol–water partition coefficient (Wildman–Crippen LogP) is 5.68. The fourth-order valence-electron chi connectivity index (χ4n) is 4.05. The average Bonchev–Trinajstić information content (AvgIpc) is 2.92. The molecule has 1 aliphatic heterocycles. The van der Waals surface area contributed by atoms with Crippen LogP contribution in [0.15, 0.2) is 84.9 Å². The first kappa shape index (κ1) is 17.9. The van der Waals surface area contributed by atoms with Gasteiger partial charge in [0.25, 0.3) is 0 Å². The number of rotatable bonds is 3. The third kappa shape index (κ3) is 3.87. The normalized spacial score (nSPS) is 16.8. The maximum Gasteiger partial charge on any atom is 0.219 e. The first-order chi connectivity index (χ1) is 14.2. The minimum Gasteiger partial charge on any atom is -0.468 e. The molecule has 0 fully saturated rings. The molecule has 1 aliphatic rings. The van der Waals surface area contributed by atoms with Crippen molar-refractivity contribution < 1.29 is 4.74 Å². The molecule has 4 aromatic rings. The lowest BCUT2D eigenvalue weighted by molar-refractivity contribution is 0.140. The number of aromatic nitrogens is 1. The molecule has 144 valence electrons. The van der Waals surface area contributed by atoms with Crippen molar-refractivity contribution in [2.45, 2.75) is 26.1 Å². The van der Waals surface area contributed by atoms with E-state index in [1.165, 1.54) is 22.1 Å². The molecular formula is C26H24N2O. The van der Waals surface area contributed by atoms with Crippen LogP contribution in [0, 0.1) is 6.92 Å². The van der Waals surface area contributed by atoms with Crippen LogP contribution in [0.3, 0.4) is 0 Å². The zero-order valence-electron chi connectivity index (χ0n) is 16.6. The van der Waals surface area contributed by atoms with Crippen molar-refractivity contribution >= 4 is 10.9 Å². The van der Waals surface area contributed by atoms with Crippen LogP contribution in [-0.4, -0.2) is 16.4 Å². The van der Waals surface area contributed by atoms with Crippen molar-refractivity contribution in [3.05, 3.63) is 107 Å². The Kier molecular flexibility index (Phi) is 4.74. The Labute approximate surface area is 171 Å². The van der Waals surface area contributed by atoms with Crippen LogP contribution >= 0.6 is 0 Å². The molecule has 0 spiro atoms. The molecule has 29 heavy (non-hydrogen) atoms. The molecule has 0 saturated heterocycles. The smallest absolute Gasteiger partial charge is 0.219 e. The Morgan fingerprint density at radius 2 is 1.69 bits per heavy atom. The molecule has 3 heteroatoms. The summed E-state index contributed by atoms with van der Waals surface area (Å²) in [5.74, 6) is 0.755. The van der Waals surface area contributed by atoms with Crippen molar-refractivity contribution in [3.63, 3.8) is 0 Å². The second-order valence-electron chi connectivity index (χ2n) is 7.82. The van der Waals surface area contributed by atoms with Crippen molar-refractivity contribution in [1.82, 2.24) is 9.88 Å². The molecule has 0 aliphatic carbocycles. The van der Waals surface area contributed by atoms with Crippen molar-refractivity contribution in [2.24, 2.45) is 0 Å². The molecule has 0 saturated carbocycles. The third-order valence-corrected chi connectivity index (χ3v) is 5.50. The van der Waals surface area contributed by atoms with Gasteiger partial charge in [-0.15, -0.1) is 0 Å². The molecule has 3 aromatic carbocycles. The summed E-state index contributed by atoms with van der Waals surface area (Å²) in [6.45, 7) is 4.66. The number of benzene rings is 3. The second-order valence-corrected chi connectivity index (χ2v) is 7.82. The van der Waals surface area contributed by atoms with Gasteiger partial charge >= 0.3 is 0 Å². The van der Waals surface area contributed by atoms with E-state index in [1.54, 1.807) is 0 Å². The maximum atomic E-state index is 6.50. The van der Waals surface area contributed by atoms with Gasteiger partial charge in [0.05, 0.1) is 5.52 Å². The van der Waals surface area contributed by atoms with Gasteiger partial charge < -0.3 is 4.74 Å². The highest BCUT2D eigenvalue weighted by Gasteiger charge is 2.25.